The first-order valence-electron chi connectivity index (χ1n) is 9.75. The molecule has 3 aromatic rings. The first kappa shape index (κ1) is 26.2. The number of aliphatic imine (C=N–C) groups is 1. The van der Waals surface area contributed by atoms with Gasteiger partial charge in [0.05, 0.1) is 0 Å². The molecule has 157 valence electrons. The molecule has 4 rings (SSSR count). The molecule has 0 spiro atoms. The summed E-state index contributed by atoms with van der Waals surface area (Å²) >= 11 is 0. The van der Waals surface area contributed by atoms with Gasteiger partial charge in [-0.15, -0.1) is 24.3 Å². The van der Waals surface area contributed by atoms with E-state index in [9.17, 15) is 4.79 Å². The third kappa shape index (κ3) is 9.67. The fraction of sp³-hybridized carbons (Fsp3) is 0.111. The first-order chi connectivity index (χ1) is 14.4. The molecule has 0 saturated carbocycles. The zero-order valence-electron chi connectivity index (χ0n) is 18.2. The van der Waals surface area contributed by atoms with Crippen molar-refractivity contribution < 1.29 is 30.6 Å². The van der Waals surface area contributed by atoms with E-state index in [1.165, 1.54) is 0 Å². The number of carbonyl (C=O) groups excluding carboxylic acids is 1. The second kappa shape index (κ2) is 13.5. The maximum atomic E-state index is 12.0. The summed E-state index contributed by atoms with van der Waals surface area (Å²) in [7, 11) is 0. The number of allylic oxidation sites excluding steroid dienone is 1. The zero-order chi connectivity index (χ0) is 21.8. The molecule has 0 saturated heterocycles. The van der Waals surface area contributed by atoms with Crippen LogP contribution in [0, 0.1) is 13.8 Å². The number of nitrogens with zero attached hydrogens (tertiary/aromatic N) is 1. The largest absolute Gasteiger partial charge is 0.324 e. The average molecular weight is 441 g/mol. The summed E-state index contributed by atoms with van der Waals surface area (Å²) < 4.78 is 0. The predicted octanol–water partition coefficient (Wildman–Crippen LogP) is 6.15. The van der Waals surface area contributed by atoms with Gasteiger partial charge < -0.3 is 5.32 Å². The third-order valence-corrected chi connectivity index (χ3v) is 4.23. The van der Waals surface area contributed by atoms with Gasteiger partial charge in [-0.05, 0) is 38.1 Å². The molecule has 1 atom stereocenters. The summed E-state index contributed by atoms with van der Waals surface area (Å²) in [5, 5.41) is 2.85. The molecule has 4 heteroatoms. The van der Waals surface area contributed by atoms with Gasteiger partial charge in [-0.3, -0.25) is 9.79 Å². The SMILES string of the molecule is CC1=NC(C)(C(=O)Nc2ccccc2)C=C1.[CH2-]c1ccccc1.[CH2-]c1ccccc1.[Sc]. The minimum Gasteiger partial charge on any atom is -0.324 e. The number of anilines is 1. The Morgan fingerprint density at radius 3 is 1.55 bits per heavy atom. The van der Waals surface area contributed by atoms with E-state index in [1.807, 2.05) is 110 Å². The second-order valence-electron chi connectivity index (χ2n) is 7.03. The number of para-hydroxylation sites is 1. The Hall–Kier alpha value is -2.85. The standard InChI is InChI=1S/C13H14N2O.2C7H7.Sc/c1-10-8-9-13(2,15-10)12(16)14-11-6-4-3-5-7-11;2*1-7-5-3-2-4-6-7;/h3-9H,1-2H3,(H,14,16);2*2-6H,1H2;/q;2*-1;. The molecule has 3 aromatic carbocycles. The topological polar surface area (TPSA) is 41.5 Å². The van der Waals surface area contributed by atoms with Crippen LogP contribution in [-0.2, 0) is 30.6 Å². The fourth-order valence-electron chi connectivity index (χ4n) is 2.59. The molecular formula is C27H28N2OSc-2. The van der Waals surface area contributed by atoms with E-state index >= 15 is 0 Å². The van der Waals surface area contributed by atoms with Crippen LogP contribution >= 0.6 is 0 Å². The minimum atomic E-state index is -0.764. The number of carbonyl (C=O) groups is 1. The van der Waals surface area contributed by atoms with E-state index in [-0.39, 0.29) is 31.8 Å². The molecular weight excluding hydrogens is 413 g/mol. The van der Waals surface area contributed by atoms with Crippen molar-refractivity contribution in [2.45, 2.75) is 19.4 Å². The molecule has 1 N–H and O–H groups in total. The summed E-state index contributed by atoms with van der Waals surface area (Å²) in [6.07, 6.45) is 3.69. The molecule has 31 heavy (non-hydrogen) atoms. The van der Waals surface area contributed by atoms with E-state index in [0.29, 0.717) is 0 Å². The van der Waals surface area contributed by atoms with Crippen LogP contribution < -0.4 is 5.32 Å². The second-order valence-corrected chi connectivity index (χ2v) is 7.03. The molecule has 1 heterocycles. The Bertz CT molecular complexity index is 932. The van der Waals surface area contributed by atoms with Gasteiger partial charge in [0, 0.05) is 37.2 Å². The van der Waals surface area contributed by atoms with Crippen molar-refractivity contribution in [1.82, 2.24) is 0 Å². The molecule has 0 fully saturated rings. The number of hydrogen-bond acceptors (Lipinski definition) is 2. The Labute approximate surface area is 205 Å². The molecule has 1 aliphatic heterocycles. The van der Waals surface area contributed by atoms with Crippen molar-refractivity contribution >= 4 is 17.3 Å². The van der Waals surface area contributed by atoms with Crippen molar-refractivity contribution in [1.29, 1.82) is 0 Å². The van der Waals surface area contributed by atoms with Crippen LogP contribution in [0.3, 0.4) is 0 Å². The predicted molar refractivity (Wildman–Crippen MR) is 128 cm³/mol. The Morgan fingerprint density at radius 2 is 1.23 bits per heavy atom. The Balaban J connectivity index is 0.000000266. The van der Waals surface area contributed by atoms with Gasteiger partial charge in [0.25, 0.3) is 5.91 Å². The molecule has 1 amide bonds. The molecule has 0 aromatic heterocycles. The van der Waals surface area contributed by atoms with Crippen LogP contribution in [0.25, 0.3) is 0 Å². The number of benzene rings is 3. The Kier molecular flexibility index (Phi) is 11.4. The summed E-state index contributed by atoms with van der Waals surface area (Å²) in [4.78, 5) is 16.3. The van der Waals surface area contributed by atoms with Crippen molar-refractivity contribution in [3.8, 4) is 0 Å². The van der Waals surface area contributed by atoms with Crippen LogP contribution in [-0.4, -0.2) is 17.2 Å². The number of rotatable bonds is 2. The number of hydrogen-bond donors (Lipinski definition) is 1. The third-order valence-electron chi connectivity index (χ3n) is 4.23. The number of amides is 1. The molecule has 1 aliphatic rings. The summed E-state index contributed by atoms with van der Waals surface area (Å²) in [6.45, 7) is 11.1. The average Bonchev–Trinajstić information content (AvgIpc) is 3.11. The van der Waals surface area contributed by atoms with Gasteiger partial charge in [-0.1, -0.05) is 30.3 Å². The monoisotopic (exact) mass is 441 g/mol. The van der Waals surface area contributed by atoms with Crippen molar-refractivity contribution in [3.05, 3.63) is 128 Å². The van der Waals surface area contributed by atoms with Gasteiger partial charge in [0.2, 0.25) is 0 Å². The van der Waals surface area contributed by atoms with Crippen molar-refractivity contribution in [2.75, 3.05) is 5.32 Å². The van der Waals surface area contributed by atoms with Crippen molar-refractivity contribution in [2.24, 2.45) is 4.99 Å². The summed E-state index contributed by atoms with van der Waals surface area (Å²) in [6, 6.07) is 29.1. The molecule has 1 unspecified atom stereocenters. The van der Waals surface area contributed by atoms with E-state index in [1.54, 1.807) is 6.92 Å². The quantitative estimate of drug-likeness (QED) is 0.476. The minimum absolute atomic E-state index is 0. The fourth-order valence-corrected chi connectivity index (χ4v) is 2.59. The van der Waals surface area contributed by atoms with Crippen LogP contribution in [0.15, 0.2) is 108 Å². The maximum absolute atomic E-state index is 12.0. The molecule has 1 radical (unpaired) electrons. The van der Waals surface area contributed by atoms with Crippen molar-refractivity contribution in [3.63, 3.8) is 0 Å². The number of nitrogens with one attached hydrogen (secondary N) is 1. The van der Waals surface area contributed by atoms with E-state index in [0.717, 1.165) is 22.5 Å². The molecule has 0 bridgehead atoms. The van der Waals surface area contributed by atoms with E-state index < -0.39 is 5.54 Å². The van der Waals surface area contributed by atoms with Gasteiger partial charge in [0.1, 0.15) is 0 Å². The maximum Gasteiger partial charge on any atom is 0.255 e. The summed E-state index contributed by atoms with van der Waals surface area (Å²) in [5.41, 5.74) is 3.05. The zero-order valence-corrected chi connectivity index (χ0v) is 20.0. The Morgan fingerprint density at radius 1 is 0.806 bits per heavy atom. The van der Waals surface area contributed by atoms with Gasteiger partial charge in [0.15, 0.2) is 5.54 Å². The molecule has 3 nitrogen and oxygen atoms in total. The smallest absolute Gasteiger partial charge is 0.255 e. The van der Waals surface area contributed by atoms with Crippen LogP contribution in [0.2, 0.25) is 0 Å². The van der Waals surface area contributed by atoms with Gasteiger partial charge in [-0.25, -0.2) is 0 Å². The van der Waals surface area contributed by atoms with E-state index in [4.69, 9.17) is 0 Å². The van der Waals surface area contributed by atoms with Crippen LogP contribution in [0.1, 0.15) is 25.0 Å². The molecule has 0 aliphatic carbocycles. The van der Waals surface area contributed by atoms with Crippen LogP contribution in [0.4, 0.5) is 5.69 Å². The van der Waals surface area contributed by atoms with Gasteiger partial charge >= 0.3 is 0 Å². The van der Waals surface area contributed by atoms with Gasteiger partial charge in [-0.2, -0.15) is 49.2 Å². The first-order valence-corrected chi connectivity index (χ1v) is 9.75. The van der Waals surface area contributed by atoms with Crippen LogP contribution in [0.5, 0.6) is 0 Å². The van der Waals surface area contributed by atoms with E-state index in [2.05, 4.69) is 24.2 Å². The normalized spacial score (nSPS) is 15.7. The summed E-state index contributed by atoms with van der Waals surface area (Å²) in [5.74, 6) is -0.105.